The van der Waals surface area contributed by atoms with Gasteiger partial charge in [0.25, 0.3) is 0 Å². The first kappa shape index (κ1) is 20.7. The second kappa shape index (κ2) is 8.52. The van der Waals surface area contributed by atoms with Crippen LogP contribution >= 0.6 is 0 Å². The molecule has 0 aromatic heterocycles. The van der Waals surface area contributed by atoms with Gasteiger partial charge >= 0.3 is 5.97 Å². The van der Waals surface area contributed by atoms with Crippen molar-refractivity contribution < 1.29 is 32.2 Å². The van der Waals surface area contributed by atoms with Crippen molar-refractivity contribution in [3.63, 3.8) is 0 Å². The zero-order valence-corrected chi connectivity index (χ0v) is 16.8. The van der Waals surface area contributed by atoms with Gasteiger partial charge in [-0.25, -0.2) is 8.42 Å². The first-order valence-corrected chi connectivity index (χ1v) is 10.8. The standard InChI is InChI=1S/C20H21NO7S/c1-13(20(23)15-4-6-16(7-5-15)21-29(2,24)25)28-19(22)12-14-3-8-17-18(11-14)27-10-9-26-17/h3-8,11,13,21H,9-10,12H2,1-2H3/t13-/m1/s1. The molecule has 0 saturated carbocycles. The Morgan fingerprint density at radius 2 is 1.72 bits per heavy atom. The first-order chi connectivity index (χ1) is 13.7. The van der Waals surface area contributed by atoms with Crippen LogP contribution in [0.3, 0.4) is 0 Å². The molecular formula is C20H21NO7S. The first-order valence-electron chi connectivity index (χ1n) is 8.91. The summed E-state index contributed by atoms with van der Waals surface area (Å²) in [5.74, 6) is 0.281. The van der Waals surface area contributed by atoms with Crippen molar-refractivity contribution in [2.75, 3.05) is 24.2 Å². The summed E-state index contributed by atoms with van der Waals surface area (Å²) < 4.78 is 41.0. The minimum Gasteiger partial charge on any atom is -0.486 e. The van der Waals surface area contributed by atoms with Crippen LogP contribution in [0.5, 0.6) is 11.5 Å². The van der Waals surface area contributed by atoms with Crippen molar-refractivity contribution in [2.45, 2.75) is 19.4 Å². The average molecular weight is 419 g/mol. The molecule has 0 fully saturated rings. The average Bonchev–Trinajstić information content (AvgIpc) is 2.66. The lowest BCUT2D eigenvalue weighted by Crippen LogP contribution is -2.25. The highest BCUT2D eigenvalue weighted by molar-refractivity contribution is 7.92. The fourth-order valence-electron chi connectivity index (χ4n) is 2.81. The number of carbonyl (C=O) groups excluding carboxylic acids is 2. The summed E-state index contributed by atoms with van der Waals surface area (Å²) in [5.41, 5.74) is 1.34. The molecule has 1 N–H and O–H groups in total. The second-order valence-corrected chi connectivity index (χ2v) is 8.35. The maximum absolute atomic E-state index is 12.5. The van der Waals surface area contributed by atoms with Crippen molar-refractivity contribution in [1.82, 2.24) is 0 Å². The van der Waals surface area contributed by atoms with Crippen LogP contribution in [0, 0.1) is 0 Å². The Balaban J connectivity index is 1.58. The molecular weight excluding hydrogens is 398 g/mol. The number of sulfonamides is 1. The Kier molecular flexibility index (Phi) is 6.07. The van der Waals surface area contributed by atoms with Crippen LogP contribution in [0.15, 0.2) is 42.5 Å². The summed E-state index contributed by atoms with van der Waals surface area (Å²) in [4.78, 5) is 24.7. The summed E-state index contributed by atoms with van der Waals surface area (Å²) in [5, 5.41) is 0. The van der Waals surface area contributed by atoms with Gasteiger partial charge in [0, 0.05) is 11.3 Å². The number of esters is 1. The van der Waals surface area contributed by atoms with E-state index in [1.165, 1.54) is 31.2 Å². The molecule has 8 nitrogen and oxygen atoms in total. The van der Waals surface area contributed by atoms with E-state index in [9.17, 15) is 18.0 Å². The molecule has 0 aliphatic carbocycles. The van der Waals surface area contributed by atoms with Crippen LogP contribution in [0.2, 0.25) is 0 Å². The minimum atomic E-state index is -3.40. The molecule has 0 radical (unpaired) electrons. The maximum atomic E-state index is 12.5. The van der Waals surface area contributed by atoms with E-state index in [-0.39, 0.29) is 12.2 Å². The van der Waals surface area contributed by atoms with Crippen LogP contribution in [0.25, 0.3) is 0 Å². The summed E-state index contributed by atoms with van der Waals surface area (Å²) >= 11 is 0. The highest BCUT2D eigenvalue weighted by atomic mass is 32.2. The predicted molar refractivity (Wildman–Crippen MR) is 106 cm³/mol. The monoisotopic (exact) mass is 419 g/mol. The van der Waals surface area contributed by atoms with Crippen LogP contribution < -0.4 is 14.2 Å². The zero-order chi connectivity index (χ0) is 21.0. The van der Waals surface area contributed by atoms with Crippen molar-refractivity contribution in [3.05, 3.63) is 53.6 Å². The van der Waals surface area contributed by atoms with E-state index in [0.717, 1.165) is 6.26 Å². The Labute approximate surface area is 168 Å². The van der Waals surface area contributed by atoms with Crippen molar-refractivity contribution in [3.8, 4) is 11.5 Å². The molecule has 154 valence electrons. The smallest absolute Gasteiger partial charge is 0.310 e. The van der Waals surface area contributed by atoms with Crippen LogP contribution in [0.4, 0.5) is 5.69 Å². The summed E-state index contributed by atoms with van der Waals surface area (Å²) in [7, 11) is -3.40. The van der Waals surface area contributed by atoms with E-state index in [0.29, 0.717) is 41.5 Å². The molecule has 29 heavy (non-hydrogen) atoms. The largest absolute Gasteiger partial charge is 0.486 e. The van der Waals surface area contributed by atoms with Gasteiger partial charge in [-0.15, -0.1) is 0 Å². The van der Waals surface area contributed by atoms with E-state index < -0.39 is 22.1 Å². The number of nitrogens with one attached hydrogen (secondary N) is 1. The van der Waals surface area contributed by atoms with Crippen LogP contribution in [0.1, 0.15) is 22.8 Å². The lowest BCUT2D eigenvalue weighted by atomic mass is 10.1. The SMILES string of the molecule is C[C@@H](OC(=O)Cc1ccc2c(c1)OCCO2)C(=O)c1ccc(NS(C)(=O)=O)cc1. The van der Waals surface area contributed by atoms with E-state index >= 15 is 0 Å². The Morgan fingerprint density at radius 3 is 2.38 bits per heavy atom. The third-order valence-electron chi connectivity index (χ3n) is 4.11. The Bertz CT molecular complexity index is 1020. The number of ether oxygens (including phenoxy) is 3. The number of carbonyl (C=O) groups is 2. The third-order valence-corrected chi connectivity index (χ3v) is 4.71. The third kappa shape index (κ3) is 5.71. The summed E-state index contributed by atoms with van der Waals surface area (Å²) in [6, 6.07) is 11.1. The van der Waals surface area contributed by atoms with Crippen molar-refractivity contribution in [1.29, 1.82) is 0 Å². The highest BCUT2D eigenvalue weighted by Gasteiger charge is 2.20. The molecule has 0 bridgehead atoms. The molecule has 1 aliphatic rings. The quantitative estimate of drug-likeness (QED) is 0.541. The Hall–Kier alpha value is -3.07. The number of Topliss-reactive ketones (excluding diaryl/α,β-unsaturated/α-hetero) is 1. The molecule has 1 heterocycles. The molecule has 1 aliphatic heterocycles. The van der Waals surface area contributed by atoms with Gasteiger partial charge in [0.15, 0.2) is 17.6 Å². The van der Waals surface area contributed by atoms with Gasteiger partial charge < -0.3 is 14.2 Å². The summed E-state index contributed by atoms with van der Waals surface area (Å²) in [6.07, 6.45) is 0.0502. The lowest BCUT2D eigenvalue weighted by Gasteiger charge is -2.19. The van der Waals surface area contributed by atoms with E-state index in [2.05, 4.69) is 4.72 Å². The highest BCUT2D eigenvalue weighted by Crippen LogP contribution is 2.31. The van der Waals surface area contributed by atoms with Crippen LogP contribution in [-0.4, -0.2) is 45.7 Å². The number of anilines is 1. The van der Waals surface area contributed by atoms with Gasteiger partial charge in [-0.2, -0.15) is 0 Å². The number of hydrogen-bond donors (Lipinski definition) is 1. The lowest BCUT2D eigenvalue weighted by molar-refractivity contribution is -0.145. The van der Waals surface area contributed by atoms with Crippen LogP contribution in [-0.2, 0) is 26.0 Å². The molecule has 3 rings (SSSR count). The fraction of sp³-hybridized carbons (Fsp3) is 0.300. The zero-order valence-electron chi connectivity index (χ0n) is 16.0. The summed E-state index contributed by atoms with van der Waals surface area (Å²) in [6.45, 7) is 2.43. The molecule has 0 amide bonds. The van der Waals surface area contributed by atoms with Gasteiger partial charge in [0.1, 0.15) is 13.2 Å². The second-order valence-electron chi connectivity index (χ2n) is 6.60. The fourth-order valence-corrected chi connectivity index (χ4v) is 3.37. The molecule has 9 heteroatoms. The number of fused-ring (bicyclic) bond motifs is 1. The van der Waals surface area contributed by atoms with Crippen molar-refractivity contribution in [2.24, 2.45) is 0 Å². The van der Waals surface area contributed by atoms with Gasteiger partial charge in [-0.1, -0.05) is 6.07 Å². The van der Waals surface area contributed by atoms with Gasteiger partial charge in [-0.3, -0.25) is 14.3 Å². The molecule has 0 unspecified atom stereocenters. The number of rotatable bonds is 7. The van der Waals surface area contributed by atoms with Gasteiger partial charge in [0.2, 0.25) is 15.8 Å². The Morgan fingerprint density at radius 1 is 1.07 bits per heavy atom. The van der Waals surface area contributed by atoms with E-state index in [4.69, 9.17) is 14.2 Å². The topological polar surface area (TPSA) is 108 Å². The number of ketones is 1. The van der Waals surface area contributed by atoms with Crippen molar-refractivity contribution >= 4 is 27.5 Å². The molecule has 1 atom stereocenters. The predicted octanol–water partition coefficient (Wildman–Crippen LogP) is 2.19. The molecule has 2 aromatic carbocycles. The normalized spacial score (nSPS) is 14.0. The minimum absolute atomic E-state index is 0.00846. The molecule has 2 aromatic rings. The number of hydrogen-bond acceptors (Lipinski definition) is 7. The van der Waals surface area contributed by atoms with E-state index in [1.54, 1.807) is 18.2 Å². The number of benzene rings is 2. The van der Waals surface area contributed by atoms with E-state index in [1.807, 2.05) is 0 Å². The maximum Gasteiger partial charge on any atom is 0.310 e. The van der Waals surface area contributed by atoms with Gasteiger partial charge in [-0.05, 0) is 48.9 Å². The molecule has 0 saturated heterocycles. The van der Waals surface area contributed by atoms with Gasteiger partial charge in [0.05, 0.1) is 12.7 Å². The molecule has 0 spiro atoms.